The lowest BCUT2D eigenvalue weighted by atomic mass is 9.84. The number of furan rings is 1. The Morgan fingerprint density at radius 1 is 1.33 bits per heavy atom. The fourth-order valence-corrected chi connectivity index (χ4v) is 3.78. The molecule has 2 aliphatic rings. The second-order valence-electron chi connectivity index (χ2n) is 6.03. The smallest absolute Gasteiger partial charge is 0.326 e. The third-order valence-corrected chi connectivity index (χ3v) is 4.83. The summed E-state index contributed by atoms with van der Waals surface area (Å²) >= 11 is 0. The number of carbonyl (C=O) groups is 2. The van der Waals surface area contributed by atoms with E-state index in [1.807, 2.05) is 6.92 Å². The van der Waals surface area contributed by atoms with E-state index in [0.717, 1.165) is 37.9 Å². The SMILES string of the molecule is CCc1ccc(C(=O)N2[C@@H]3CCCC[C@@H]3C[C@H]2C(=O)O)o1. The van der Waals surface area contributed by atoms with Crippen molar-refractivity contribution in [3.63, 3.8) is 0 Å². The van der Waals surface area contributed by atoms with Crippen LogP contribution in [-0.4, -0.2) is 34.0 Å². The van der Waals surface area contributed by atoms with Gasteiger partial charge in [-0.05, 0) is 37.3 Å². The van der Waals surface area contributed by atoms with Crippen molar-refractivity contribution in [3.8, 4) is 0 Å². The van der Waals surface area contributed by atoms with Crippen LogP contribution in [0, 0.1) is 5.92 Å². The number of rotatable bonds is 3. The van der Waals surface area contributed by atoms with Crippen molar-refractivity contribution in [2.75, 3.05) is 0 Å². The summed E-state index contributed by atoms with van der Waals surface area (Å²) in [7, 11) is 0. The topological polar surface area (TPSA) is 70.8 Å². The van der Waals surface area contributed by atoms with Crippen LogP contribution >= 0.6 is 0 Å². The molecule has 1 aliphatic heterocycles. The van der Waals surface area contributed by atoms with Gasteiger partial charge in [-0.1, -0.05) is 19.8 Å². The predicted octanol–water partition coefficient (Wildman–Crippen LogP) is 2.70. The molecule has 3 rings (SSSR count). The lowest BCUT2D eigenvalue weighted by molar-refractivity contribution is -0.141. The van der Waals surface area contributed by atoms with Crippen LogP contribution in [-0.2, 0) is 11.2 Å². The van der Waals surface area contributed by atoms with E-state index in [-0.39, 0.29) is 17.7 Å². The summed E-state index contributed by atoms with van der Waals surface area (Å²) in [6.07, 6.45) is 5.43. The van der Waals surface area contributed by atoms with Crippen molar-refractivity contribution >= 4 is 11.9 Å². The summed E-state index contributed by atoms with van der Waals surface area (Å²) in [6, 6.07) is 2.80. The monoisotopic (exact) mass is 291 g/mol. The number of fused-ring (bicyclic) bond motifs is 1. The van der Waals surface area contributed by atoms with Gasteiger partial charge in [0.05, 0.1) is 0 Å². The number of amides is 1. The molecule has 0 aromatic carbocycles. The number of aliphatic carboxylic acids is 1. The van der Waals surface area contributed by atoms with Crippen LogP contribution in [0.1, 0.15) is 55.3 Å². The van der Waals surface area contributed by atoms with E-state index in [9.17, 15) is 14.7 Å². The molecule has 1 N–H and O–H groups in total. The van der Waals surface area contributed by atoms with Crippen molar-refractivity contribution < 1.29 is 19.1 Å². The molecule has 21 heavy (non-hydrogen) atoms. The third-order valence-electron chi connectivity index (χ3n) is 4.83. The Bertz CT molecular complexity index is 550. The van der Waals surface area contributed by atoms with Crippen molar-refractivity contribution in [2.24, 2.45) is 5.92 Å². The Balaban J connectivity index is 1.88. The number of carboxylic acids is 1. The van der Waals surface area contributed by atoms with Gasteiger partial charge in [-0.3, -0.25) is 4.79 Å². The molecule has 5 heteroatoms. The average Bonchev–Trinajstić information content (AvgIpc) is 3.11. The number of likely N-dealkylation sites (tertiary alicyclic amines) is 1. The number of hydrogen-bond donors (Lipinski definition) is 1. The number of aryl methyl sites for hydroxylation is 1. The molecule has 0 spiro atoms. The van der Waals surface area contributed by atoms with E-state index < -0.39 is 12.0 Å². The van der Waals surface area contributed by atoms with Gasteiger partial charge in [0.15, 0.2) is 5.76 Å². The average molecular weight is 291 g/mol. The van der Waals surface area contributed by atoms with E-state index in [2.05, 4.69) is 0 Å². The largest absolute Gasteiger partial charge is 0.480 e. The Hall–Kier alpha value is -1.78. The Morgan fingerprint density at radius 2 is 2.10 bits per heavy atom. The fourth-order valence-electron chi connectivity index (χ4n) is 3.78. The van der Waals surface area contributed by atoms with Crippen LogP contribution in [0.5, 0.6) is 0 Å². The van der Waals surface area contributed by atoms with Gasteiger partial charge in [0.25, 0.3) is 5.91 Å². The summed E-state index contributed by atoms with van der Waals surface area (Å²) in [5.74, 6) is 0.176. The molecule has 2 heterocycles. The number of carbonyl (C=O) groups excluding carboxylic acids is 1. The van der Waals surface area contributed by atoms with Gasteiger partial charge in [0, 0.05) is 12.5 Å². The molecule has 114 valence electrons. The van der Waals surface area contributed by atoms with Crippen molar-refractivity contribution in [3.05, 3.63) is 23.7 Å². The molecule has 1 aromatic rings. The van der Waals surface area contributed by atoms with Gasteiger partial charge in [-0.25, -0.2) is 4.79 Å². The maximum absolute atomic E-state index is 12.7. The zero-order chi connectivity index (χ0) is 15.0. The lowest BCUT2D eigenvalue weighted by Gasteiger charge is -2.32. The van der Waals surface area contributed by atoms with Gasteiger partial charge in [-0.15, -0.1) is 0 Å². The molecule has 1 aliphatic carbocycles. The van der Waals surface area contributed by atoms with E-state index in [4.69, 9.17) is 4.42 Å². The first-order valence-electron chi connectivity index (χ1n) is 7.76. The van der Waals surface area contributed by atoms with E-state index in [1.54, 1.807) is 17.0 Å². The normalized spacial score (nSPS) is 28.4. The first-order chi connectivity index (χ1) is 10.1. The molecule has 1 amide bonds. The highest BCUT2D eigenvalue weighted by Gasteiger charge is 2.48. The van der Waals surface area contributed by atoms with Gasteiger partial charge >= 0.3 is 5.97 Å². The molecular weight excluding hydrogens is 270 g/mol. The lowest BCUT2D eigenvalue weighted by Crippen LogP contribution is -2.46. The van der Waals surface area contributed by atoms with E-state index in [1.165, 1.54) is 0 Å². The molecule has 1 saturated heterocycles. The maximum atomic E-state index is 12.7. The van der Waals surface area contributed by atoms with Crippen LogP contribution in [0.15, 0.2) is 16.5 Å². The molecule has 0 unspecified atom stereocenters. The molecule has 0 radical (unpaired) electrons. The number of carboxylic acid groups (broad SMARTS) is 1. The molecule has 1 aromatic heterocycles. The minimum Gasteiger partial charge on any atom is -0.480 e. The third kappa shape index (κ3) is 2.45. The molecule has 2 fully saturated rings. The zero-order valence-corrected chi connectivity index (χ0v) is 12.2. The van der Waals surface area contributed by atoms with Crippen LogP contribution in [0.3, 0.4) is 0 Å². The molecule has 3 atom stereocenters. The maximum Gasteiger partial charge on any atom is 0.326 e. The van der Waals surface area contributed by atoms with E-state index in [0.29, 0.717) is 12.3 Å². The predicted molar refractivity (Wildman–Crippen MR) is 76.0 cm³/mol. The highest BCUT2D eigenvalue weighted by atomic mass is 16.4. The summed E-state index contributed by atoms with van der Waals surface area (Å²) in [4.78, 5) is 25.8. The summed E-state index contributed by atoms with van der Waals surface area (Å²) < 4.78 is 5.53. The van der Waals surface area contributed by atoms with Gasteiger partial charge in [0.1, 0.15) is 11.8 Å². The Morgan fingerprint density at radius 3 is 2.76 bits per heavy atom. The van der Waals surface area contributed by atoms with Gasteiger partial charge < -0.3 is 14.4 Å². The van der Waals surface area contributed by atoms with Gasteiger partial charge in [-0.2, -0.15) is 0 Å². The fraction of sp³-hybridized carbons (Fsp3) is 0.625. The first-order valence-corrected chi connectivity index (χ1v) is 7.76. The molecule has 5 nitrogen and oxygen atoms in total. The van der Waals surface area contributed by atoms with Crippen molar-refractivity contribution in [2.45, 2.75) is 57.5 Å². The highest BCUT2D eigenvalue weighted by molar-refractivity contribution is 5.95. The van der Waals surface area contributed by atoms with Crippen LogP contribution in [0.2, 0.25) is 0 Å². The number of nitrogens with zero attached hydrogens (tertiary/aromatic N) is 1. The summed E-state index contributed by atoms with van der Waals surface area (Å²) in [6.45, 7) is 1.96. The minimum absolute atomic E-state index is 0.0579. The first kappa shape index (κ1) is 14.2. The van der Waals surface area contributed by atoms with Gasteiger partial charge in [0.2, 0.25) is 0 Å². The second-order valence-corrected chi connectivity index (χ2v) is 6.03. The standard InChI is InChI=1S/C16H21NO4/c1-2-11-7-8-14(21-11)15(18)17-12-6-4-3-5-10(12)9-13(17)16(19)20/h7-8,10,12-13H,2-6,9H2,1H3,(H,19,20)/t10-,12-,13+/m1/s1. The van der Waals surface area contributed by atoms with E-state index >= 15 is 0 Å². The second kappa shape index (κ2) is 5.54. The quantitative estimate of drug-likeness (QED) is 0.929. The molecular formula is C16H21NO4. The van der Waals surface area contributed by atoms with Crippen LogP contribution in [0.4, 0.5) is 0 Å². The van der Waals surface area contributed by atoms with Crippen molar-refractivity contribution in [1.82, 2.24) is 4.90 Å². The molecule has 1 saturated carbocycles. The molecule has 0 bridgehead atoms. The number of hydrogen-bond acceptors (Lipinski definition) is 3. The Labute approximate surface area is 123 Å². The van der Waals surface area contributed by atoms with Crippen LogP contribution < -0.4 is 0 Å². The summed E-state index contributed by atoms with van der Waals surface area (Å²) in [5.41, 5.74) is 0. The van der Waals surface area contributed by atoms with Crippen molar-refractivity contribution in [1.29, 1.82) is 0 Å². The minimum atomic E-state index is -0.903. The van der Waals surface area contributed by atoms with Crippen LogP contribution in [0.25, 0.3) is 0 Å². The summed E-state index contributed by atoms with van der Waals surface area (Å²) in [5, 5.41) is 9.45. The highest BCUT2D eigenvalue weighted by Crippen LogP contribution is 2.40. The Kier molecular flexibility index (Phi) is 3.74. The zero-order valence-electron chi connectivity index (χ0n) is 12.2.